The fraction of sp³-hybridized carbons (Fsp3) is 0.320. The number of anilines is 2. The first-order chi connectivity index (χ1) is 16.0. The van der Waals surface area contributed by atoms with E-state index in [4.69, 9.17) is 9.15 Å². The first-order valence-electron chi connectivity index (χ1n) is 11.1. The van der Waals surface area contributed by atoms with Gasteiger partial charge in [-0.3, -0.25) is 14.4 Å². The largest absolute Gasteiger partial charge is 0.484 e. The monoisotopic (exact) mass is 464 g/mol. The molecule has 1 aliphatic heterocycles. The molecule has 1 unspecified atom stereocenters. The van der Waals surface area contributed by atoms with Gasteiger partial charge in [-0.1, -0.05) is 6.92 Å². The molecule has 0 bridgehead atoms. The summed E-state index contributed by atoms with van der Waals surface area (Å²) in [4.78, 5) is 38.6. The Labute approximate surface area is 195 Å². The maximum atomic E-state index is 13.2. The molecule has 5 rings (SSSR count). The maximum Gasteiger partial charge on any atom is 0.262 e. The molecule has 2 N–H and O–H groups in total. The van der Waals surface area contributed by atoms with Crippen LogP contribution in [-0.2, 0) is 28.9 Å². The molecule has 1 atom stereocenters. The van der Waals surface area contributed by atoms with Gasteiger partial charge in [-0.05, 0) is 73.1 Å². The molecule has 8 heteroatoms. The molecule has 1 aromatic carbocycles. The van der Waals surface area contributed by atoms with Crippen molar-refractivity contribution in [3.05, 3.63) is 63.9 Å². The Morgan fingerprint density at radius 3 is 2.94 bits per heavy atom. The first-order valence-corrected chi connectivity index (χ1v) is 11.9. The molecule has 2 amide bonds. The number of aryl methyl sites for hydroxylation is 1. The number of benzene rings is 1. The maximum absolute atomic E-state index is 13.2. The van der Waals surface area contributed by atoms with Crippen LogP contribution in [-0.4, -0.2) is 24.2 Å². The zero-order valence-corrected chi connectivity index (χ0v) is 19.1. The predicted octanol–water partition coefficient (Wildman–Crippen LogP) is 4.60. The Kier molecular flexibility index (Phi) is 5.76. The van der Waals surface area contributed by atoms with E-state index < -0.39 is 0 Å². The van der Waals surface area contributed by atoms with E-state index in [1.54, 1.807) is 24.3 Å². The van der Waals surface area contributed by atoms with Gasteiger partial charge in [0.15, 0.2) is 12.4 Å². The number of carbonyl (C=O) groups is 3. The molecule has 1 aliphatic carbocycles. The van der Waals surface area contributed by atoms with Crippen LogP contribution in [0.3, 0.4) is 0 Å². The zero-order chi connectivity index (χ0) is 22.9. The second kappa shape index (κ2) is 8.86. The number of hydrogen-bond donors (Lipinski definition) is 2. The molecule has 170 valence electrons. The molecule has 7 nitrogen and oxygen atoms in total. The fourth-order valence-electron chi connectivity index (χ4n) is 4.37. The first kappa shape index (κ1) is 21.5. The Morgan fingerprint density at radius 1 is 1.24 bits per heavy atom. The molecule has 33 heavy (non-hydrogen) atoms. The SMILES string of the molecule is CC1CCc2c(sc(NC(=O)COc3ccc4c(c3)CCC(=O)N4)c2C(=O)c2ccco2)C1. The van der Waals surface area contributed by atoms with Crippen molar-refractivity contribution in [3.63, 3.8) is 0 Å². The highest BCUT2D eigenvalue weighted by atomic mass is 32.1. The number of fused-ring (bicyclic) bond motifs is 2. The van der Waals surface area contributed by atoms with Crippen molar-refractivity contribution in [2.24, 2.45) is 5.92 Å². The van der Waals surface area contributed by atoms with E-state index in [1.807, 2.05) is 6.07 Å². The van der Waals surface area contributed by atoms with Gasteiger partial charge >= 0.3 is 0 Å². The zero-order valence-electron chi connectivity index (χ0n) is 18.2. The smallest absolute Gasteiger partial charge is 0.262 e. The number of ketones is 1. The Balaban J connectivity index is 1.32. The third-order valence-electron chi connectivity index (χ3n) is 6.08. The van der Waals surface area contributed by atoms with Gasteiger partial charge in [0.05, 0.1) is 11.8 Å². The summed E-state index contributed by atoms with van der Waals surface area (Å²) in [6, 6.07) is 8.69. The van der Waals surface area contributed by atoms with Crippen molar-refractivity contribution in [3.8, 4) is 5.75 Å². The average molecular weight is 465 g/mol. The molecule has 0 saturated heterocycles. The normalized spacial score (nSPS) is 17.0. The predicted molar refractivity (Wildman–Crippen MR) is 125 cm³/mol. The minimum absolute atomic E-state index is 0.00323. The average Bonchev–Trinajstić information content (AvgIpc) is 3.45. The summed E-state index contributed by atoms with van der Waals surface area (Å²) in [5.41, 5.74) is 3.32. The number of hydrogen-bond acceptors (Lipinski definition) is 6. The second-order valence-electron chi connectivity index (χ2n) is 8.57. The van der Waals surface area contributed by atoms with Crippen LogP contribution < -0.4 is 15.4 Å². The van der Waals surface area contributed by atoms with Gasteiger partial charge in [-0.15, -0.1) is 11.3 Å². The van der Waals surface area contributed by atoms with Crippen molar-refractivity contribution in [1.29, 1.82) is 0 Å². The summed E-state index contributed by atoms with van der Waals surface area (Å²) in [6.45, 7) is 2.02. The molecule has 2 aliphatic rings. The van der Waals surface area contributed by atoms with Crippen LogP contribution in [0, 0.1) is 5.92 Å². The number of ether oxygens (including phenoxy) is 1. The van der Waals surface area contributed by atoms with Crippen LogP contribution in [0.2, 0.25) is 0 Å². The van der Waals surface area contributed by atoms with Crippen LogP contribution in [0.15, 0.2) is 41.0 Å². The lowest BCUT2D eigenvalue weighted by Crippen LogP contribution is -2.22. The van der Waals surface area contributed by atoms with Crippen LogP contribution in [0.1, 0.15) is 51.9 Å². The third kappa shape index (κ3) is 4.43. The lowest BCUT2D eigenvalue weighted by atomic mass is 9.87. The summed E-state index contributed by atoms with van der Waals surface area (Å²) in [6.07, 6.45) is 5.28. The van der Waals surface area contributed by atoms with Crippen molar-refractivity contribution in [1.82, 2.24) is 0 Å². The lowest BCUT2D eigenvalue weighted by Gasteiger charge is -2.18. The lowest BCUT2D eigenvalue weighted by molar-refractivity contribution is -0.118. The van der Waals surface area contributed by atoms with E-state index in [-0.39, 0.29) is 30.0 Å². The van der Waals surface area contributed by atoms with Crippen molar-refractivity contribution in [2.45, 2.75) is 39.0 Å². The fourth-order valence-corrected chi connectivity index (χ4v) is 5.80. The van der Waals surface area contributed by atoms with Crippen LogP contribution >= 0.6 is 11.3 Å². The van der Waals surface area contributed by atoms with Crippen molar-refractivity contribution in [2.75, 3.05) is 17.2 Å². The van der Waals surface area contributed by atoms with E-state index in [1.165, 1.54) is 17.6 Å². The molecule has 2 aromatic heterocycles. The van der Waals surface area contributed by atoms with Crippen molar-refractivity contribution >= 4 is 39.6 Å². The summed E-state index contributed by atoms with van der Waals surface area (Å²) in [5.74, 6) is 0.835. The van der Waals surface area contributed by atoms with Gasteiger partial charge in [0, 0.05) is 17.0 Å². The van der Waals surface area contributed by atoms with Gasteiger partial charge in [-0.2, -0.15) is 0 Å². The van der Waals surface area contributed by atoms with Gasteiger partial charge in [-0.25, -0.2) is 0 Å². The Bertz CT molecular complexity index is 1230. The topological polar surface area (TPSA) is 97.6 Å². The van der Waals surface area contributed by atoms with E-state index in [0.717, 1.165) is 41.0 Å². The molecule has 0 radical (unpaired) electrons. The molecular weight excluding hydrogens is 440 g/mol. The molecule has 0 saturated carbocycles. The quantitative estimate of drug-likeness (QED) is 0.520. The number of amides is 2. The summed E-state index contributed by atoms with van der Waals surface area (Å²) in [7, 11) is 0. The van der Waals surface area contributed by atoms with Crippen molar-refractivity contribution < 1.29 is 23.5 Å². The molecule has 3 heterocycles. The molecule has 0 fully saturated rings. The van der Waals surface area contributed by atoms with Crippen LogP contribution in [0.25, 0.3) is 0 Å². The van der Waals surface area contributed by atoms with Gasteiger partial charge in [0.25, 0.3) is 5.91 Å². The number of carbonyl (C=O) groups excluding carboxylic acids is 3. The minimum atomic E-state index is -0.332. The number of thiophene rings is 1. The van der Waals surface area contributed by atoms with Crippen LogP contribution in [0.4, 0.5) is 10.7 Å². The number of nitrogens with one attached hydrogen (secondary N) is 2. The van der Waals surface area contributed by atoms with Gasteiger partial charge < -0.3 is 19.8 Å². The minimum Gasteiger partial charge on any atom is -0.484 e. The highest BCUT2D eigenvalue weighted by Gasteiger charge is 2.30. The molecule has 3 aromatic rings. The van der Waals surface area contributed by atoms with Gasteiger partial charge in [0.2, 0.25) is 11.7 Å². The standard InChI is InChI=1S/C25H24N2O5S/c1-14-4-7-17-20(11-14)33-25(23(17)24(30)19-3-2-10-31-19)27-22(29)13-32-16-6-8-18-15(12-16)5-9-21(28)26-18/h2-3,6,8,10,12,14H,4-5,7,9,11,13H2,1H3,(H,26,28)(H,27,29). The third-order valence-corrected chi connectivity index (χ3v) is 7.25. The van der Waals surface area contributed by atoms with E-state index >= 15 is 0 Å². The Morgan fingerprint density at radius 2 is 2.12 bits per heavy atom. The molecular formula is C25H24N2O5S. The summed E-state index contributed by atoms with van der Waals surface area (Å²) in [5, 5.41) is 6.28. The number of furan rings is 1. The van der Waals surface area contributed by atoms with Gasteiger partial charge in [0.1, 0.15) is 10.8 Å². The summed E-state index contributed by atoms with van der Waals surface area (Å²) >= 11 is 1.47. The van der Waals surface area contributed by atoms with E-state index in [9.17, 15) is 14.4 Å². The van der Waals surface area contributed by atoms with Crippen LogP contribution in [0.5, 0.6) is 5.75 Å². The van der Waals surface area contributed by atoms with E-state index in [2.05, 4.69) is 17.6 Å². The highest BCUT2D eigenvalue weighted by Crippen LogP contribution is 2.40. The molecule has 0 spiro atoms. The second-order valence-corrected chi connectivity index (χ2v) is 9.67. The van der Waals surface area contributed by atoms with E-state index in [0.29, 0.717) is 35.1 Å². The summed E-state index contributed by atoms with van der Waals surface area (Å²) < 4.78 is 11.0. The Hall–Kier alpha value is -3.39. The highest BCUT2D eigenvalue weighted by molar-refractivity contribution is 7.17. The number of rotatable bonds is 6.